The minimum atomic E-state index is 0.302. The minimum absolute atomic E-state index is 0.302. The Morgan fingerprint density at radius 1 is 0.533 bits per heavy atom. The van der Waals surface area contributed by atoms with Crippen molar-refractivity contribution < 1.29 is 0 Å². The highest BCUT2D eigenvalue weighted by Crippen LogP contribution is 2.51. The predicted octanol–water partition coefficient (Wildman–Crippen LogP) is 7.77. The van der Waals surface area contributed by atoms with Crippen molar-refractivity contribution in [2.24, 2.45) is 0 Å². The lowest BCUT2D eigenvalue weighted by Gasteiger charge is -2.18. The maximum absolute atomic E-state index is 2.32. The summed E-state index contributed by atoms with van der Waals surface area (Å²) in [5.74, 6) is 0.302. The highest BCUT2D eigenvalue weighted by Gasteiger charge is 2.32. The van der Waals surface area contributed by atoms with Crippen LogP contribution in [0, 0.1) is 0 Å². The Morgan fingerprint density at radius 3 is 1.87 bits per heavy atom. The van der Waals surface area contributed by atoms with Crippen molar-refractivity contribution in [3.05, 3.63) is 143 Å². The molecule has 0 nitrogen and oxygen atoms in total. The van der Waals surface area contributed by atoms with E-state index in [-0.39, 0.29) is 0 Å². The van der Waals surface area contributed by atoms with E-state index in [4.69, 9.17) is 0 Å². The molecule has 4 aromatic carbocycles. The first-order valence-corrected chi connectivity index (χ1v) is 10.9. The second-order valence-corrected chi connectivity index (χ2v) is 8.03. The van der Waals surface area contributed by atoms with Crippen molar-refractivity contribution >= 4 is 11.1 Å². The monoisotopic (exact) mass is 386 g/mol. The van der Waals surface area contributed by atoms with Crippen LogP contribution in [0.5, 0.6) is 0 Å². The zero-order valence-electron chi connectivity index (χ0n) is 17.2. The minimum Gasteiger partial charge on any atom is -0.0622 e. The third-order valence-electron chi connectivity index (χ3n) is 6.16. The molecular formula is C30H26. The van der Waals surface area contributed by atoms with E-state index in [2.05, 4.69) is 115 Å². The number of rotatable bonds is 6. The van der Waals surface area contributed by atoms with Gasteiger partial charge in [0.2, 0.25) is 0 Å². The summed E-state index contributed by atoms with van der Waals surface area (Å²) in [6, 6.07) is 41.8. The summed E-state index contributed by atoms with van der Waals surface area (Å²) in [7, 11) is 0. The summed E-state index contributed by atoms with van der Waals surface area (Å²) in [5.41, 5.74) is 10.0. The first kappa shape index (κ1) is 18.6. The number of fused-ring (bicyclic) bond motifs is 1. The molecule has 4 aromatic rings. The van der Waals surface area contributed by atoms with Crippen LogP contribution in [-0.2, 0) is 6.42 Å². The molecule has 0 fully saturated rings. The molecule has 5 rings (SSSR count). The molecule has 0 spiro atoms. The Hall–Kier alpha value is -3.38. The van der Waals surface area contributed by atoms with Crippen LogP contribution in [0.4, 0.5) is 0 Å². The number of benzene rings is 4. The van der Waals surface area contributed by atoms with Gasteiger partial charge >= 0.3 is 0 Å². The molecule has 146 valence electrons. The Kier molecular flexibility index (Phi) is 5.31. The highest BCUT2D eigenvalue weighted by molar-refractivity contribution is 6.01. The van der Waals surface area contributed by atoms with Crippen molar-refractivity contribution in [1.82, 2.24) is 0 Å². The molecule has 0 radical (unpaired) electrons. The summed E-state index contributed by atoms with van der Waals surface area (Å²) < 4.78 is 0. The summed E-state index contributed by atoms with van der Waals surface area (Å²) in [4.78, 5) is 0. The fraction of sp³-hybridized carbons (Fsp3) is 0.133. The zero-order chi connectivity index (χ0) is 20.2. The van der Waals surface area contributed by atoms with Crippen LogP contribution < -0.4 is 0 Å². The fourth-order valence-corrected chi connectivity index (χ4v) is 4.83. The van der Waals surface area contributed by atoms with Crippen LogP contribution in [0.2, 0.25) is 0 Å². The van der Waals surface area contributed by atoms with Gasteiger partial charge in [-0.3, -0.25) is 0 Å². The van der Waals surface area contributed by atoms with Gasteiger partial charge in [-0.15, -0.1) is 0 Å². The van der Waals surface area contributed by atoms with E-state index in [0.717, 1.165) is 19.3 Å². The molecule has 30 heavy (non-hydrogen) atoms. The van der Waals surface area contributed by atoms with Crippen molar-refractivity contribution in [2.75, 3.05) is 0 Å². The van der Waals surface area contributed by atoms with Gasteiger partial charge in [-0.1, -0.05) is 115 Å². The smallest absolute Gasteiger partial charge is 0.0354 e. The summed E-state index contributed by atoms with van der Waals surface area (Å²) in [5, 5.41) is 0. The van der Waals surface area contributed by atoms with Crippen LogP contribution in [0.3, 0.4) is 0 Å². The van der Waals surface area contributed by atoms with E-state index >= 15 is 0 Å². The Labute approximate surface area is 179 Å². The number of allylic oxidation sites excluding steroid dienone is 2. The normalized spacial score (nSPS) is 15.3. The summed E-state index contributed by atoms with van der Waals surface area (Å²) in [6.45, 7) is 0. The Bertz CT molecular complexity index is 1140. The average Bonchev–Trinajstić information content (AvgIpc) is 3.15. The number of hydrogen-bond acceptors (Lipinski definition) is 0. The summed E-state index contributed by atoms with van der Waals surface area (Å²) in [6.07, 6.45) is 3.37. The predicted molar refractivity (Wildman–Crippen MR) is 127 cm³/mol. The molecule has 0 heterocycles. The van der Waals surface area contributed by atoms with Gasteiger partial charge in [0.15, 0.2) is 0 Å². The van der Waals surface area contributed by atoms with Crippen LogP contribution in [0.15, 0.2) is 115 Å². The van der Waals surface area contributed by atoms with Gasteiger partial charge in [-0.05, 0) is 58.2 Å². The molecule has 0 bridgehead atoms. The van der Waals surface area contributed by atoms with Gasteiger partial charge < -0.3 is 0 Å². The molecule has 0 aromatic heterocycles. The molecule has 1 aliphatic carbocycles. The molecular weight excluding hydrogens is 360 g/mol. The quantitative estimate of drug-likeness (QED) is 0.317. The van der Waals surface area contributed by atoms with E-state index in [1.54, 1.807) is 0 Å². The third kappa shape index (κ3) is 3.62. The van der Waals surface area contributed by atoms with Gasteiger partial charge in [0, 0.05) is 5.92 Å². The molecule has 1 aliphatic rings. The molecule has 0 aliphatic heterocycles. The van der Waals surface area contributed by atoms with Gasteiger partial charge in [0.1, 0.15) is 0 Å². The second-order valence-electron chi connectivity index (χ2n) is 8.03. The Morgan fingerprint density at radius 2 is 1.13 bits per heavy atom. The van der Waals surface area contributed by atoms with E-state index < -0.39 is 0 Å². The SMILES string of the molecule is c1ccc(CCCC2=C(c3ccccc3)C(c3ccccc3)c3ccccc32)cc1. The molecule has 1 unspecified atom stereocenters. The maximum atomic E-state index is 2.32. The molecule has 1 atom stereocenters. The first-order valence-electron chi connectivity index (χ1n) is 10.9. The van der Waals surface area contributed by atoms with E-state index in [0.29, 0.717) is 5.92 Å². The van der Waals surface area contributed by atoms with Gasteiger partial charge in [-0.2, -0.15) is 0 Å². The zero-order valence-corrected chi connectivity index (χ0v) is 17.2. The van der Waals surface area contributed by atoms with Crippen LogP contribution in [0.1, 0.15) is 46.6 Å². The number of aryl methyl sites for hydroxylation is 1. The van der Waals surface area contributed by atoms with E-state index in [1.807, 2.05) is 0 Å². The lowest BCUT2D eigenvalue weighted by Crippen LogP contribution is -2.01. The fourth-order valence-electron chi connectivity index (χ4n) is 4.83. The lowest BCUT2D eigenvalue weighted by molar-refractivity contribution is 0.854. The largest absolute Gasteiger partial charge is 0.0622 e. The van der Waals surface area contributed by atoms with E-state index in [9.17, 15) is 0 Å². The molecule has 0 saturated heterocycles. The highest BCUT2D eigenvalue weighted by atomic mass is 14.3. The van der Waals surface area contributed by atoms with Crippen molar-refractivity contribution in [3.8, 4) is 0 Å². The van der Waals surface area contributed by atoms with Crippen LogP contribution in [-0.4, -0.2) is 0 Å². The van der Waals surface area contributed by atoms with Crippen molar-refractivity contribution in [3.63, 3.8) is 0 Å². The topological polar surface area (TPSA) is 0 Å². The third-order valence-corrected chi connectivity index (χ3v) is 6.16. The lowest BCUT2D eigenvalue weighted by atomic mass is 9.84. The molecule has 0 amide bonds. The van der Waals surface area contributed by atoms with Gasteiger partial charge in [-0.25, -0.2) is 0 Å². The van der Waals surface area contributed by atoms with Gasteiger partial charge in [0.05, 0.1) is 0 Å². The summed E-state index contributed by atoms with van der Waals surface area (Å²) >= 11 is 0. The van der Waals surface area contributed by atoms with Crippen molar-refractivity contribution in [1.29, 1.82) is 0 Å². The first-order chi connectivity index (χ1) is 14.9. The standard InChI is InChI=1S/C30H26/c1-4-13-23(14-5-1)15-12-22-28-26-20-10-11-21-27(26)29(24-16-6-2-7-17-24)30(28)25-18-8-3-9-19-25/h1-11,13-14,16-21,29H,12,15,22H2. The van der Waals surface area contributed by atoms with Crippen LogP contribution in [0.25, 0.3) is 11.1 Å². The average molecular weight is 387 g/mol. The molecule has 0 N–H and O–H groups in total. The molecule has 0 saturated carbocycles. The maximum Gasteiger partial charge on any atom is 0.0354 e. The van der Waals surface area contributed by atoms with Crippen molar-refractivity contribution in [2.45, 2.75) is 25.2 Å². The molecule has 0 heteroatoms. The second kappa shape index (κ2) is 8.55. The van der Waals surface area contributed by atoms with Crippen LogP contribution >= 0.6 is 0 Å². The Balaban J connectivity index is 1.58. The number of hydrogen-bond donors (Lipinski definition) is 0. The van der Waals surface area contributed by atoms with Gasteiger partial charge in [0.25, 0.3) is 0 Å². The van der Waals surface area contributed by atoms with E-state index in [1.165, 1.54) is 39.0 Å².